The van der Waals surface area contributed by atoms with Gasteiger partial charge < -0.3 is 26.2 Å². The number of nitrogens with two attached hydrogens (primary N) is 1. The molecule has 6 unspecified atom stereocenters. The van der Waals surface area contributed by atoms with Gasteiger partial charge in [0.25, 0.3) is 5.91 Å². The highest BCUT2D eigenvalue weighted by Crippen LogP contribution is 2.60. The first kappa shape index (κ1) is 32.7. The summed E-state index contributed by atoms with van der Waals surface area (Å²) in [7, 11) is 3.13. The summed E-state index contributed by atoms with van der Waals surface area (Å²) in [6.45, 7) is 1.96. The van der Waals surface area contributed by atoms with Crippen LogP contribution in [-0.2, 0) is 25.6 Å². The zero-order valence-electron chi connectivity index (χ0n) is 26.9. The van der Waals surface area contributed by atoms with Gasteiger partial charge in [-0.2, -0.15) is 0 Å². The second kappa shape index (κ2) is 12.1. The van der Waals surface area contributed by atoms with Crippen LogP contribution in [0.4, 0.5) is 0 Å². The molecule has 2 saturated carbocycles. The van der Waals surface area contributed by atoms with Crippen LogP contribution in [-0.4, -0.2) is 74.3 Å². The third kappa shape index (κ3) is 5.09. The van der Waals surface area contributed by atoms with E-state index in [1.807, 2.05) is 31.2 Å². The maximum absolute atomic E-state index is 14.8. The third-order valence-corrected chi connectivity index (χ3v) is 11.1. The number of primary amides is 1. The number of rotatable bonds is 7. The monoisotopic (exact) mass is 642 g/mol. The number of phenolic OH excluding ortho intramolecular Hbond substituents is 1. The number of benzene rings is 2. The number of fused-ring (bicyclic) bond motifs is 3. The van der Waals surface area contributed by atoms with Gasteiger partial charge in [-0.25, -0.2) is 0 Å². The molecule has 248 valence electrons. The van der Waals surface area contributed by atoms with Gasteiger partial charge in [-0.1, -0.05) is 61.2 Å². The van der Waals surface area contributed by atoms with E-state index in [4.69, 9.17) is 5.73 Å². The normalized spacial score (nSPS) is 29.4. The predicted molar refractivity (Wildman–Crippen MR) is 173 cm³/mol. The lowest BCUT2D eigenvalue weighted by Gasteiger charge is -2.56. The molecule has 4 aliphatic carbocycles. The molecule has 10 heteroatoms. The minimum absolute atomic E-state index is 0.0262. The van der Waals surface area contributed by atoms with Crippen LogP contribution in [0.3, 0.4) is 0 Å². The number of nitrogens with zero attached hydrogens (tertiary/aromatic N) is 1. The van der Waals surface area contributed by atoms with E-state index >= 15 is 0 Å². The SMILES string of the molecule is Cc1ccc(CC2c3cccc(O)c3C(O)=C3C(=O)C4(O)C(O)=C(C(N)=O)C(=O)C(N(C)C)C4C(CC(=O)C4CCCCC4)C32)cc1. The summed E-state index contributed by atoms with van der Waals surface area (Å²) < 4.78 is 0. The molecule has 4 aliphatic rings. The number of carbonyl (C=O) groups is 4. The number of Topliss-reactive ketones (excluding diaryl/α,β-unsaturated/α-hetero) is 3. The topological polar surface area (TPSA) is 178 Å². The molecule has 10 nitrogen and oxygen atoms in total. The Morgan fingerprint density at radius 2 is 1.64 bits per heavy atom. The van der Waals surface area contributed by atoms with Gasteiger partial charge in [-0.3, -0.25) is 24.1 Å². The summed E-state index contributed by atoms with van der Waals surface area (Å²) in [5, 5.41) is 46.9. The Bertz CT molecular complexity index is 1720. The maximum atomic E-state index is 14.8. The molecule has 0 radical (unpaired) electrons. The number of amides is 1. The average Bonchev–Trinajstić information content (AvgIpc) is 3.03. The number of hydrogen-bond acceptors (Lipinski definition) is 9. The fraction of sp³-hybridized carbons (Fsp3) is 0.459. The highest BCUT2D eigenvalue weighted by molar-refractivity contribution is 6.24. The Kier molecular flexibility index (Phi) is 8.38. The van der Waals surface area contributed by atoms with E-state index in [-0.39, 0.29) is 35.0 Å². The van der Waals surface area contributed by atoms with E-state index in [0.29, 0.717) is 24.8 Å². The van der Waals surface area contributed by atoms with Gasteiger partial charge >= 0.3 is 0 Å². The summed E-state index contributed by atoms with van der Waals surface area (Å²) in [6.07, 6.45) is 4.44. The summed E-state index contributed by atoms with van der Waals surface area (Å²) in [5.41, 5.74) is 4.08. The summed E-state index contributed by atoms with van der Waals surface area (Å²) in [6, 6.07) is 11.3. The van der Waals surface area contributed by atoms with E-state index in [9.17, 15) is 39.6 Å². The first-order chi connectivity index (χ1) is 22.3. The van der Waals surface area contributed by atoms with Crippen molar-refractivity contribution in [2.24, 2.45) is 29.4 Å². The van der Waals surface area contributed by atoms with Crippen LogP contribution in [0, 0.1) is 30.6 Å². The second-order valence-electron chi connectivity index (χ2n) is 14.0. The maximum Gasteiger partial charge on any atom is 0.255 e. The molecule has 6 atom stereocenters. The lowest BCUT2D eigenvalue weighted by Crippen LogP contribution is -2.69. The molecule has 2 fully saturated rings. The number of aryl methyl sites for hydroxylation is 1. The molecule has 0 bridgehead atoms. The van der Waals surface area contributed by atoms with E-state index in [1.54, 1.807) is 26.2 Å². The lowest BCUT2D eigenvalue weighted by atomic mass is 9.49. The van der Waals surface area contributed by atoms with Crippen LogP contribution in [0.25, 0.3) is 5.76 Å². The molecule has 6 N–H and O–H groups in total. The van der Waals surface area contributed by atoms with Gasteiger partial charge in [0.2, 0.25) is 5.78 Å². The predicted octanol–water partition coefficient (Wildman–Crippen LogP) is 3.82. The van der Waals surface area contributed by atoms with Crippen molar-refractivity contribution in [1.82, 2.24) is 4.90 Å². The van der Waals surface area contributed by atoms with Crippen LogP contribution in [0.1, 0.15) is 66.7 Å². The van der Waals surface area contributed by atoms with Crippen molar-refractivity contribution in [2.75, 3.05) is 14.1 Å². The van der Waals surface area contributed by atoms with Crippen molar-refractivity contribution < 1.29 is 39.6 Å². The van der Waals surface area contributed by atoms with Gasteiger partial charge in [0.15, 0.2) is 11.4 Å². The summed E-state index contributed by atoms with van der Waals surface area (Å²) >= 11 is 0. The molecule has 2 aromatic rings. The number of aliphatic hydroxyl groups excluding tert-OH is 2. The fourth-order valence-electron chi connectivity index (χ4n) is 8.91. The van der Waals surface area contributed by atoms with Crippen LogP contribution >= 0.6 is 0 Å². The van der Waals surface area contributed by atoms with Gasteiger partial charge in [-0.05, 0) is 69.3 Å². The quantitative estimate of drug-likeness (QED) is 0.281. The van der Waals surface area contributed by atoms with E-state index in [1.165, 1.54) is 11.0 Å². The zero-order chi connectivity index (χ0) is 33.9. The molecule has 0 aliphatic heterocycles. The molecule has 0 heterocycles. The first-order valence-electron chi connectivity index (χ1n) is 16.3. The van der Waals surface area contributed by atoms with Crippen LogP contribution in [0.5, 0.6) is 5.75 Å². The van der Waals surface area contributed by atoms with Crippen LogP contribution in [0.2, 0.25) is 0 Å². The Balaban J connectivity index is 1.64. The van der Waals surface area contributed by atoms with Crippen molar-refractivity contribution in [3.05, 3.63) is 81.6 Å². The number of aliphatic hydroxyl groups is 3. The number of carbonyl (C=O) groups excluding carboxylic acids is 4. The van der Waals surface area contributed by atoms with E-state index in [0.717, 1.165) is 30.4 Å². The van der Waals surface area contributed by atoms with Gasteiger partial charge in [0.1, 0.15) is 28.6 Å². The number of phenols is 1. The van der Waals surface area contributed by atoms with Crippen LogP contribution in [0.15, 0.2) is 59.4 Å². The number of hydrogen-bond donors (Lipinski definition) is 5. The molecule has 6 rings (SSSR count). The Morgan fingerprint density at radius 1 is 0.979 bits per heavy atom. The van der Waals surface area contributed by atoms with Crippen molar-refractivity contribution in [3.8, 4) is 5.75 Å². The minimum Gasteiger partial charge on any atom is -0.508 e. The molecule has 47 heavy (non-hydrogen) atoms. The van der Waals surface area contributed by atoms with Crippen molar-refractivity contribution in [3.63, 3.8) is 0 Å². The Hall–Kier alpha value is -4.28. The number of ketones is 3. The van der Waals surface area contributed by atoms with Crippen LogP contribution < -0.4 is 5.73 Å². The average molecular weight is 643 g/mol. The highest BCUT2D eigenvalue weighted by Gasteiger charge is 2.68. The van der Waals surface area contributed by atoms with Crippen molar-refractivity contribution >= 4 is 29.0 Å². The molecule has 0 spiro atoms. The second-order valence-corrected chi connectivity index (χ2v) is 14.0. The molecule has 1 amide bonds. The molecule has 2 aromatic carbocycles. The number of likely N-dealkylation sites (N-methyl/N-ethyl adjacent to an activating group) is 1. The molecular formula is C37H42N2O8. The smallest absolute Gasteiger partial charge is 0.255 e. The van der Waals surface area contributed by atoms with Gasteiger partial charge in [0, 0.05) is 29.7 Å². The highest BCUT2D eigenvalue weighted by atomic mass is 16.3. The fourth-order valence-corrected chi connectivity index (χ4v) is 8.91. The summed E-state index contributed by atoms with van der Waals surface area (Å²) in [5.74, 6) is -9.36. The Morgan fingerprint density at radius 3 is 2.26 bits per heavy atom. The zero-order valence-corrected chi connectivity index (χ0v) is 26.9. The van der Waals surface area contributed by atoms with Crippen molar-refractivity contribution in [2.45, 2.75) is 69.4 Å². The largest absolute Gasteiger partial charge is 0.508 e. The Labute approximate surface area is 273 Å². The third-order valence-electron chi connectivity index (χ3n) is 11.1. The first-order valence-corrected chi connectivity index (χ1v) is 16.3. The van der Waals surface area contributed by atoms with Gasteiger partial charge in [-0.15, -0.1) is 0 Å². The lowest BCUT2D eigenvalue weighted by molar-refractivity contribution is -0.163. The standard InChI is InChI=1S/C37H42N2O8/c1-18-12-14-19(15-13-18)16-22-21-10-7-11-24(40)27(21)32(42)28-26(22)23(17-25(41)20-8-5-4-6-9-20)30-31(39(2)3)33(43)29(36(38)46)35(45)37(30,47)34(28)44/h7,10-15,20,22-23,26,30-31,40,42,45,47H,4-6,8-9,16-17H2,1-3H3,(H2,38,46). The minimum atomic E-state index is -2.86. The molecule has 0 saturated heterocycles. The molecular weight excluding hydrogens is 600 g/mol. The van der Waals surface area contributed by atoms with Crippen molar-refractivity contribution in [1.29, 1.82) is 0 Å². The van der Waals surface area contributed by atoms with E-state index in [2.05, 4.69) is 0 Å². The summed E-state index contributed by atoms with van der Waals surface area (Å²) in [4.78, 5) is 56.9. The van der Waals surface area contributed by atoms with E-state index < -0.39 is 69.9 Å². The van der Waals surface area contributed by atoms with Gasteiger partial charge in [0.05, 0.1) is 11.6 Å². The number of aromatic hydroxyl groups is 1. The molecule has 0 aromatic heterocycles.